The summed E-state index contributed by atoms with van der Waals surface area (Å²) in [5.41, 5.74) is 0. The Balaban J connectivity index is 1.75. The Hall–Kier alpha value is -1.36. The molecule has 0 aliphatic rings. The van der Waals surface area contributed by atoms with Crippen LogP contribution in [0.15, 0.2) is 53.4 Å². The van der Waals surface area contributed by atoms with Gasteiger partial charge in [0, 0.05) is 14.9 Å². The van der Waals surface area contributed by atoms with Crippen LogP contribution >= 0.6 is 35.0 Å². The number of rotatable bonds is 8. The quantitative estimate of drug-likeness (QED) is 0.511. The zero-order valence-electron chi connectivity index (χ0n) is 13.3. The normalized spacial score (nSPS) is 11.8. The predicted octanol–water partition coefficient (Wildman–Crippen LogP) is 5.06. The number of carbonyl (C=O) groups is 1. The summed E-state index contributed by atoms with van der Waals surface area (Å²) in [6, 6.07) is 14.6. The molecule has 2 rings (SSSR count). The third-order valence-electron chi connectivity index (χ3n) is 3.24. The average Bonchev–Trinajstić information content (AvgIpc) is 2.59. The van der Waals surface area contributed by atoms with Crippen LogP contribution < -0.4 is 10.1 Å². The van der Waals surface area contributed by atoms with Crippen molar-refractivity contribution in [2.45, 2.75) is 23.5 Å². The van der Waals surface area contributed by atoms with Crippen LogP contribution in [0.5, 0.6) is 5.75 Å². The molecule has 24 heavy (non-hydrogen) atoms. The van der Waals surface area contributed by atoms with E-state index in [1.807, 2.05) is 31.2 Å². The minimum atomic E-state index is -0.137. The molecule has 0 spiro atoms. The Morgan fingerprint density at radius 1 is 1.08 bits per heavy atom. The maximum Gasteiger partial charge on any atom is 0.233 e. The highest BCUT2D eigenvalue weighted by molar-refractivity contribution is 8.00. The van der Waals surface area contributed by atoms with E-state index in [0.717, 1.165) is 17.1 Å². The van der Waals surface area contributed by atoms with E-state index in [0.29, 0.717) is 23.2 Å². The molecule has 0 saturated carbocycles. The van der Waals surface area contributed by atoms with Crippen molar-refractivity contribution in [2.75, 3.05) is 13.2 Å². The van der Waals surface area contributed by atoms with E-state index in [-0.39, 0.29) is 11.2 Å². The number of hydrogen-bond donors (Lipinski definition) is 1. The third-order valence-corrected chi connectivity index (χ3v) is 5.12. The van der Waals surface area contributed by atoms with Crippen LogP contribution in [0.1, 0.15) is 13.3 Å². The van der Waals surface area contributed by atoms with E-state index < -0.39 is 0 Å². The summed E-state index contributed by atoms with van der Waals surface area (Å²) in [6.07, 6.45) is 0.747. The van der Waals surface area contributed by atoms with Gasteiger partial charge in [-0.15, -0.1) is 11.8 Å². The maximum atomic E-state index is 12.3. The zero-order valence-corrected chi connectivity index (χ0v) is 15.6. The number of ether oxygens (including phenoxy) is 1. The van der Waals surface area contributed by atoms with Crippen molar-refractivity contribution in [3.8, 4) is 5.75 Å². The predicted molar refractivity (Wildman–Crippen MR) is 101 cm³/mol. The summed E-state index contributed by atoms with van der Waals surface area (Å²) in [5, 5.41) is 4.13. The first-order valence-corrected chi connectivity index (χ1v) is 9.30. The SMILES string of the molecule is CC[C@H](Sc1ccc(Cl)cc1)C(=O)NCCOc1ccc(Cl)cc1. The summed E-state index contributed by atoms with van der Waals surface area (Å²) in [6.45, 7) is 2.87. The number of carbonyl (C=O) groups excluding carboxylic acids is 1. The minimum absolute atomic E-state index is 0.0113. The topological polar surface area (TPSA) is 38.3 Å². The van der Waals surface area contributed by atoms with Gasteiger partial charge in [0.2, 0.25) is 5.91 Å². The van der Waals surface area contributed by atoms with Gasteiger partial charge in [0.25, 0.3) is 0 Å². The van der Waals surface area contributed by atoms with Gasteiger partial charge in [-0.25, -0.2) is 0 Å². The van der Waals surface area contributed by atoms with E-state index in [1.54, 1.807) is 24.3 Å². The first kappa shape index (κ1) is 19.0. The molecular weight excluding hydrogens is 365 g/mol. The lowest BCUT2D eigenvalue weighted by atomic mass is 10.3. The van der Waals surface area contributed by atoms with Gasteiger partial charge in [-0.1, -0.05) is 30.1 Å². The van der Waals surface area contributed by atoms with Gasteiger partial charge in [0.15, 0.2) is 0 Å². The average molecular weight is 384 g/mol. The summed E-state index contributed by atoms with van der Waals surface area (Å²) < 4.78 is 5.56. The maximum absolute atomic E-state index is 12.3. The summed E-state index contributed by atoms with van der Waals surface area (Å²) >= 11 is 13.2. The second-order valence-corrected chi connectivity index (χ2v) is 7.21. The van der Waals surface area contributed by atoms with Gasteiger partial charge in [-0.2, -0.15) is 0 Å². The van der Waals surface area contributed by atoms with Crippen molar-refractivity contribution < 1.29 is 9.53 Å². The molecule has 0 saturated heterocycles. The van der Waals surface area contributed by atoms with Gasteiger partial charge >= 0.3 is 0 Å². The lowest BCUT2D eigenvalue weighted by molar-refractivity contribution is -0.120. The van der Waals surface area contributed by atoms with Crippen LogP contribution in [-0.4, -0.2) is 24.3 Å². The zero-order chi connectivity index (χ0) is 17.4. The largest absolute Gasteiger partial charge is 0.492 e. The molecule has 1 atom stereocenters. The molecule has 0 aliphatic heterocycles. The van der Waals surface area contributed by atoms with Crippen molar-refractivity contribution in [3.05, 3.63) is 58.6 Å². The molecule has 0 unspecified atom stereocenters. The van der Waals surface area contributed by atoms with Crippen molar-refractivity contribution >= 4 is 40.9 Å². The van der Waals surface area contributed by atoms with E-state index in [2.05, 4.69) is 5.32 Å². The standard InChI is InChI=1S/C18H19Cl2NO2S/c1-2-17(24-16-9-5-14(20)6-10-16)18(22)21-11-12-23-15-7-3-13(19)4-8-15/h3-10,17H,2,11-12H2,1H3,(H,21,22)/t17-/m0/s1. The molecule has 0 aliphatic carbocycles. The van der Waals surface area contributed by atoms with Crippen LogP contribution in [0.3, 0.4) is 0 Å². The first-order valence-electron chi connectivity index (χ1n) is 7.67. The third kappa shape index (κ3) is 6.27. The van der Waals surface area contributed by atoms with Gasteiger partial charge in [-0.3, -0.25) is 4.79 Å². The first-order chi connectivity index (χ1) is 11.6. The van der Waals surface area contributed by atoms with Crippen LogP contribution in [0, 0.1) is 0 Å². The van der Waals surface area contributed by atoms with E-state index in [4.69, 9.17) is 27.9 Å². The summed E-state index contributed by atoms with van der Waals surface area (Å²) in [5.74, 6) is 0.744. The van der Waals surface area contributed by atoms with Gasteiger partial charge in [0.1, 0.15) is 12.4 Å². The van der Waals surface area contributed by atoms with Crippen molar-refractivity contribution in [1.29, 1.82) is 0 Å². The summed E-state index contributed by atoms with van der Waals surface area (Å²) in [7, 11) is 0. The van der Waals surface area contributed by atoms with Crippen LogP contribution in [0.4, 0.5) is 0 Å². The molecule has 0 heterocycles. The Morgan fingerprint density at radius 2 is 1.67 bits per heavy atom. The van der Waals surface area contributed by atoms with Crippen molar-refractivity contribution in [2.24, 2.45) is 0 Å². The van der Waals surface area contributed by atoms with E-state index >= 15 is 0 Å². The Kier molecular flexibility index (Phi) is 7.76. The summed E-state index contributed by atoms with van der Waals surface area (Å²) in [4.78, 5) is 13.3. The fourth-order valence-electron chi connectivity index (χ4n) is 1.99. The van der Waals surface area contributed by atoms with E-state index in [1.165, 1.54) is 11.8 Å². The Labute approximate surface area is 156 Å². The van der Waals surface area contributed by atoms with Crippen LogP contribution in [-0.2, 0) is 4.79 Å². The highest BCUT2D eigenvalue weighted by Crippen LogP contribution is 2.26. The molecule has 0 fully saturated rings. The van der Waals surface area contributed by atoms with Gasteiger partial charge in [0.05, 0.1) is 11.8 Å². The number of thioether (sulfide) groups is 1. The number of hydrogen-bond acceptors (Lipinski definition) is 3. The Bertz CT molecular complexity index is 647. The molecule has 6 heteroatoms. The highest BCUT2D eigenvalue weighted by atomic mass is 35.5. The van der Waals surface area contributed by atoms with Gasteiger partial charge < -0.3 is 10.1 Å². The lowest BCUT2D eigenvalue weighted by Crippen LogP contribution is -2.35. The molecule has 128 valence electrons. The molecule has 0 bridgehead atoms. The van der Waals surface area contributed by atoms with Gasteiger partial charge in [-0.05, 0) is 55.0 Å². The molecule has 2 aromatic rings. The van der Waals surface area contributed by atoms with Crippen molar-refractivity contribution in [3.63, 3.8) is 0 Å². The molecule has 0 aromatic heterocycles. The second kappa shape index (κ2) is 9.82. The Morgan fingerprint density at radius 3 is 2.25 bits per heavy atom. The number of halogens is 2. The number of benzene rings is 2. The molecule has 0 radical (unpaired) electrons. The van der Waals surface area contributed by atoms with Crippen LogP contribution in [0.25, 0.3) is 0 Å². The molecule has 1 amide bonds. The molecule has 3 nitrogen and oxygen atoms in total. The minimum Gasteiger partial charge on any atom is -0.492 e. The van der Waals surface area contributed by atoms with Crippen molar-refractivity contribution in [1.82, 2.24) is 5.32 Å². The molecule has 1 N–H and O–H groups in total. The monoisotopic (exact) mass is 383 g/mol. The van der Waals surface area contributed by atoms with Crippen LogP contribution in [0.2, 0.25) is 10.0 Å². The lowest BCUT2D eigenvalue weighted by Gasteiger charge is -2.15. The molecule has 2 aromatic carbocycles. The fourth-order valence-corrected chi connectivity index (χ4v) is 3.22. The number of nitrogens with one attached hydrogen (secondary N) is 1. The molecular formula is C18H19Cl2NO2S. The smallest absolute Gasteiger partial charge is 0.233 e. The highest BCUT2D eigenvalue weighted by Gasteiger charge is 2.17. The number of amides is 1. The second-order valence-electron chi connectivity index (χ2n) is 5.06. The fraction of sp³-hybridized carbons (Fsp3) is 0.278. The van der Waals surface area contributed by atoms with E-state index in [9.17, 15) is 4.79 Å².